The molecule has 4 nitrogen and oxygen atoms in total. The van der Waals surface area contributed by atoms with Crippen molar-refractivity contribution in [1.82, 2.24) is 0 Å². The van der Waals surface area contributed by atoms with Crippen molar-refractivity contribution in [2.75, 3.05) is 11.8 Å². The van der Waals surface area contributed by atoms with Crippen molar-refractivity contribution in [3.05, 3.63) is 0 Å². The maximum absolute atomic E-state index is 11.3. The Labute approximate surface area is 92.7 Å². The standard InChI is InChI=1S/C7H13Cl2O4P/c1-6(2-4-8)7(13-6,3-5-9)14(10,11)12/h2-5H2,1H3,(H2,10,11,12). The van der Waals surface area contributed by atoms with Crippen LogP contribution in [-0.2, 0) is 9.30 Å². The van der Waals surface area contributed by atoms with Gasteiger partial charge in [-0.15, -0.1) is 23.2 Å². The van der Waals surface area contributed by atoms with Crippen LogP contribution in [0.2, 0.25) is 0 Å². The molecule has 0 aromatic rings. The monoisotopic (exact) mass is 262 g/mol. The number of alkyl halides is 2. The Balaban J connectivity index is 2.85. The van der Waals surface area contributed by atoms with Crippen molar-refractivity contribution in [2.24, 2.45) is 0 Å². The van der Waals surface area contributed by atoms with E-state index in [0.717, 1.165) is 0 Å². The summed E-state index contributed by atoms with van der Waals surface area (Å²) in [7, 11) is -4.29. The minimum Gasteiger partial charge on any atom is -0.349 e. The summed E-state index contributed by atoms with van der Waals surface area (Å²) >= 11 is 11.0. The van der Waals surface area contributed by atoms with Crippen LogP contribution in [0.1, 0.15) is 19.8 Å². The summed E-state index contributed by atoms with van der Waals surface area (Å²) in [5, 5.41) is -1.41. The van der Waals surface area contributed by atoms with Gasteiger partial charge in [0.05, 0.1) is 0 Å². The first-order valence-electron chi connectivity index (χ1n) is 4.21. The third kappa shape index (κ3) is 1.84. The number of halogens is 2. The van der Waals surface area contributed by atoms with Gasteiger partial charge in [0.25, 0.3) is 0 Å². The van der Waals surface area contributed by atoms with E-state index in [4.69, 9.17) is 27.9 Å². The number of hydrogen-bond donors (Lipinski definition) is 2. The molecule has 1 heterocycles. The molecule has 0 amide bonds. The van der Waals surface area contributed by atoms with Crippen molar-refractivity contribution in [1.29, 1.82) is 0 Å². The average molecular weight is 263 g/mol. The van der Waals surface area contributed by atoms with Gasteiger partial charge < -0.3 is 14.5 Å². The van der Waals surface area contributed by atoms with E-state index in [1.54, 1.807) is 6.92 Å². The normalized spacial score (nSPS) is 37.2. The van der Waals surface area contributed by atoms with Crippen LogP contribution >= 0.6 is 30.8 Å². The topological polar surface area (TPSA) is 70.1 Å². The second-order valence-electron chi connectivity index (χ2n) is 3.54. The quantitative estimate of drug-likeness (QED) is 0.451. The van der Waals surface area contributed by atoms with Crippen molar-refractivity contribution < 1.29 is 19.1 Å². The highest BCUT2D eigenvalue weighted by molar-refractivity contribution is 7.53. The number of rotatable bonds is 5. The first kappa shape index (κ1) is 12.8. The number of ether oxygens (including phenoxy) is 1. The van der Waals surface area contributed by atoms with Crippen molar-refractivity contribution in [2.45, 2.75) is 30.7 Å². The molecule has 0 aliphatic carbocycles. The maximum atomic E-state index is 11.3. The van der Waals surface area contributed by atoms with Gasteiger partial charge in [-0.3, -0.25) is 4.57 Å². The smallest absolute Gasteiger partial charge is 0.349 e. The van der Waals surface area contributed by atoms with Gasteiger partial charge in [-0.05, 0) is 13.3 Å². The van der Waals surface area contributed by atoms with E-state index in [-0.39, 0.29) is 12.3 Å². The Morgan fingerprint density at radius 1 is 1.29 bits per heavy atom. The van der Waals surface area contributed by atoms with Crippen LogP contribution in [0.25, 0.3) is 0 Å². The summed E-state index contributed by atoms with van der Waals surface area (Å²) in [6, 6.07) is 0. The molecule has 7 heteroatoms. The van der Waals surface area contributed by atoms with Gasteiger partial charge in [-0.25, -0.2) is 0 Å². The third-order valence-corrected chi connectivity index (χ3v) is 4.76. The van der Waals surface area contributed by atoms with E-state index >= 15 is 0 Å². The molecule has 1 rings (SSSR count). The Hall–Kier alpha value is 0.690. The van der Waals surface area contributed by atoms with Crippen LogP contribution in [0.4, 0.5) is 0 Å². The Bertz CT molecular complexity index is 268. The average Bonchev–Trinajstić information content (AvgIpc) is 2.57. The number of hydrogen-bond acceptors (Lipinski definition) is 2. The van der Waals surface area contributed by atoms with Crippen molar-refractivity contribution in [3.8, 4) is 0 Å². The summed E-state index contributed by atoms with van der Waals surface area (Å²) in [5.41, 5.74) is -0.831. The molecule has 14 heavy (non-hydrogen) atoms. The largest absolute Gasteiger partial charge is 0.360 e. The second-order valence-corrected chi connectivity index (χ2v) is 6.11. The maximum Gasteiger partial charge on any atom is 0.360 e. The second kappa shape index (κ2) is 3.93. The molecule has 2 unspecified atom stereocenters. The highest BCUT2D eigenvalue weighted by Crippen LogP contribution is 2.71. The molecule has 0 radical (unpaired) electrons. The summed E-state index contributed by atoms with van der Waals surface area (Å²) in [6.07, 6.45) is 0.558. The first-order valence-corrected chi connectivity index (χ1v) is 6.89. The zero-order valence-corrected chi connectivity index (χ0v) is 10.1. The predicted molar refractivity (Wildman–Crippen MR) is 54.9 cm³/mol. The molecule has 0 bridgehead atoms. The minimum absolute atomic E-state index is 0.145. The zero-order valence-electron chi connectivity index (χ0n) is 7.74. The summed E-state index contributed by atoms with van der Waals surface area (Å²) in [6.45, 7) is 1.65. The Kier molecular flexibility index (Phi) is 3.58. The molecule has 0 aromatic heterocycles. The summed E-state index contributed by atoms with van der Waals surface area (Å²) in [5.74, 6) is 0.462. The molecule has 0 aromatic carbocycles. The molecule has 1 saturated heterocycles. The molecule has 84 valence electrons. The molecule has 0 spiro atoms. The molecule has 1 fully saturated rings. The van der Waals surface area contributed by atoms with Gasteiger partial charge in [0.2, 0.25) is 0 Å². The Morgan fingerprint density at radius 2 is 1.79 bits per heavy atom. The van der Waals surface area contributed by atoms with Crippen LogP contribution < -0.4 is 0 Å². The Morgan fingerprint density at radius 3 is 2.14 bits per heavy atom. The lowest BCUT2D eigenvalue weighted by atomic mass is 10.0. The fourth-order valence-corrected chi connectivity index (χ4v) is 3.94. The lowest BCUT2D eigenvalue weighted by Crippen LogP contribution is -2.24. The van der Waals surface area contributed by atoms with E-state index < -0.39 is 18.5 Å². The van der Waals surface area contributed by atoms with Crippen LogP contribution in [0.15, 0.2) is 0 Å². The van der Waals surface area contributed by atoms with Crippen LogP contribution in [0.3, 0.4) is 0 Å². The van der Waals surface area contributed by atoms with Gasteiger partial charge in [0.1, 0.15) is 5.60 Å². The van der Waals surface area contributed by atoms with E-state index in [1.165, 1.54) is 0 Å². The van der Waals surface area contributed by atoms with Crippen LogP contribution in [0.5, 0.6) is 0 Å². The lowest BCUT2D eigenvalue weighted by Gasteiger charge is -2.16. The fourth-order valence-electron chi connectivity index (χ4n) is 1.73. The summed E-state index contributed by atoms with van der Waals surface area (Å²) < 4.78 is 16.5. The van der Waals surface area contributed by atoms with Crippen LogP contribution in [-0.4, -0.2) is 32.5 Å². The van der Waals surface area contributed by atoms with Crippen molar-refractivity contribution in [3.63, 3.8) is 0 Å². The summed E-state index contributed by atoms with van der Waals surface area (Å²) in [4.78, 5) is 18.4. The molecule has 0 saturated carbocycles. The lowest BCUT2D eigenvalue weighted by molar-refractivity contribution is 0.262. The fraction of sp³-hybridized carbons (Fsp3) is 1.00. The zero-order chi connectivity index (χ0) is 11.0. The van der Waals surface area contributed by atoms with E-state index in [9.17, 15) is 14.4 Å². The predicted octanol–water partition coefficient (Wildman–Crippen LogP) is 1.91. The van der Waals surface area contributed by atoms with E-state index in [1.807, 2.05) is 0 Å². The highest BCUT2D eigenvalue weighted by atomic mass is 35.5. The molecular weight excluding hydrogens is 250 g/mol. The van der Waals surface area contributed by atoms with Gasteiger partial charge in [-0.2, -0.15) is 0 Å². The molecule has 1 aliphatic heterocycles. The number of epoxide rings is 1. The first-order chi connectivity index (χ1) is 6.33. The van der Waals surface area contributed by atoms with E-state index in [0.29, 0.717) is 12.3 Å². The molecule has 2 N–H and O–H groups in total. The van der Waals surface area contributed by atoms with Gasteiger partial charge >= 0.3 is 7.60 Å². The SMILES string of the molecule is CC1(CCCl)OC1(CCCl)P(=O)(O)O. The minimum atomic E-state index is -4.29. The van der Waals surface area contributed by atoms with Crippen LogP contribution in [0, 0.1) is 0 Å². The molecule has 2 atom stereocenters. The molecular formula is C7H13Cl2O4P. The molecule has 1 aliphatic rings. The van der Waals surface area contributed by atoms with Gasteiger partial charge in [0, 0.05) is 18.2 Å². The van der Waals surface area contributed by atoms with Crippen molar-refractivity contribution >= 4 is 30.8 Å². The third-order valence-electron chi connectivity index (χ3n) is 2.65. The van der Waals surface area contributed by atoms with Gasteiger partial charge in [-0.1, -0.05) is 0 Å². The highest BCUT2D eigenvalue weighted by Gasteiger charge is 2.75. The van der Waals surface area contributed by atoms with E-state index in [2.05, 4.69) is 0 Å². The van der Waals surface area contributed by atoms with Gasteiger partial charge in [0.15, 0.2) is 5.34 Å².